The van der Waals surface area contributed by atoms with E-state index in [4.69, 9.17) is 0 Å². The molecule has 1 aromatic carbocycles. The normalized spacial score (nSPS) is 12.5. The molecule has 1 rings (SSSR count). The number of carbonyl (C=O) groups excluding carboxylic acids is 1. The summed E-state index contributed by atoms with van der Waals surface area (Å²) >= 11 is 1.44. The zero-order chi connectivity index (χ0) is 9.84. The van der Waals surface area contributed by atoms with Crippen LogP contribution in [0, 0.1) is 5.82 Å². The molecule has 0 aliphatic carbocycles. The van der Waals surface area contributed by atoms with Gasteiger partial charge in [0.15, 0.2) is 0 Å². The van der Waals surface area contributed by atoms with E-state index in [-0.39, 0.29) is 16.9 Å². The van der Waals surface area contributed by atoms with E-state index >= 15 is 0 Å². The van der Waals surface area contributed by atoms with Gasteiger partial charge in [0.05, 0.1) is 5.25 Å². The number of hydrogen-bond acceptors (Lipinski definition) is 2. The lowest BCUT2D eigenvalue weighted by Crippen LogP contribution is -2.07. The van der Waals surface area contributed by atoms with Crippen molar-refractivity contribution in [1.82, 2.24) is 0 Å². The Morgan fingerprint density at radius 3 is 2.38 bits per heavy atom. The standard InChI is InChI=1S/C10H11FOS/c1-7(12)8(2)13-10-5-3-9(11)4-6-10/h3-6,8H,1-2H3. The van der Waals surface area contributed by atoms with Crippen molar-refractivity contribution in [3.05, 3.63) is 30.1 Å². The van der Waals surface area contributed by atoms with Crippen molar-refractivity contribution in [3.63, 3.8) is 0 Å². The summed E-state index contributed by atoms with van der Waals surface area (Å²) in [4.78, 5) is 11.8. The maximum atomic E-state index is 12.5. The third-order valence-electron chi connectivity index (χ3n) is 1.70. The number of hydrogen-bond donors (Lipinski definition) is 0. The number of ketones is 1. The molecule has 0 bridgehead atoms. The fraction of sp³-hybridized carbons (Fsp3) is 0.300. The topological polar surface area (TPSA) is 17.1 Å². The van der Waals surface area contributed by atoms with Crippen molar-refractivity contribution in [2.45, 2.75) is 24.0 Å². The highest BCUT2D eigenvalue weighted by Crippen LogP contribution is 2.23. The van der Waals surface area contributed by atoms with Crippen LogP contribution in [-0.2, 0) is 4.79 Å². The first kappa shape index (κ1) is 10.3. The molecule has 13 heavy (non-hydrogen) atoms. The third kappa shape index (κ3) is 3.19. The van der Waals surface area contributed by atoms with Gasteiger partial charge in [0.25, 0.3) is 0 Å². The van der Waals surface area contributed by atoms with E-state index < -0.39 is 0 Å². The Labute approximate surface area is 81.3 Å². The van der Waals surface area contributed by atoms with Crippen LogP contribution >= 0.6 is 11.8 Å². The molecule has 1 unspecified atom stereocenters. The van der Waals surface area contributed by atoms with Crippen molar-refractivity contribution in [3.8, 4) is 0 Å². The van der Waals surface area contributed by atoms with Crippen LogP contribution in [0.25, 0.3) is 0 Å². The highest BCUT2D eigenvalue weighted by molar-refractivity contribution is 8.00. The lowest BCUT2D eigenvalue weighted by atomic mass is 10.3. The molecule has 0 saturated heterocycles. The molecule has 0 aliphatic rings. The van der Waals surface area contributed by atoms with E-state index in [0.717, 1.165) is 4.90 Å². The lowest BCUT2D eigenvalue weighted by molar-refractivity contribution is -0.116. The number of rotatable bonds is 3. The monoisotopic (exact) mass is 198 g/mol. The van der Waals surface area contributed by atoms with Gasteiger partial charge in [-0.15, -0.1) is 11.8 Å². The van der Waals surface area contributed by atoms with Crippen molar-refractivity contribution >= 4 is 17.5 Å². The number of carbonyl (C=O) groups is 1. The Morgan fingerprint density at radius 2 is 1.92 bits per heavy atom. The summed E-state index contributed by atoms with van der Waals surface area (Å²) in [5.74, 6) is -0.117. The van der Waals surface area contributed by atoms with Crippen molar-refractivity contribution in [2.75, 3.05) is 0 Å². The predicted molar refractivity (Wildman–Crippen MR) is 52.4 cm³/mol. The average Bonchev–Trinajstić information content (AvgIpc) is 2.08. The Bertz CT molecular complexity index is 294. The zero-order valence-corrected chi connectivity index (χ0v) is 8.40. The zero-order valence-electron chi connectivity index (χ0n) is 7.58. The van der Waals surface area contributed by atoms with Gasteiger partial charge in [-0.25, -0.2) is 4.39 Å². The van der Waals surface area contributed by atoms with Gasteiger partial charge in [-0.05, 0) is 38.1 Å². The smallest absolute Gasteiger partial charge is 0.142 e. The summed E-state index contributed by atoms with van der Waals surface area (Å²) < 4.78 is 12.5. The molecule has 0 spiro atoms. The van der Waals surface area contributed by atoms with Gasteiger partial charge in [-0.2, -0.15) is 0 Å². The van der Waals surface area contributed by atoms with Crippen LogP contribution in [0.2, 0.25) is 0 Å². The van der Waals surface area contributed by atoms with Crippen LogP contribution in [0.15, 0.2) is 29.2 Å². The van der Waals surface area contributed by atoms with Gasteiger partial charge in [0.1, 0.15) is 11.6 Å². The summed E-state index contributed by atoms with van der Waals surface area (Å²) in [6.45, 7) is 3.40. The molecule has 70 valence electrons. The fourth-order valence-electron chi connectivity index (χ4n) is 0.800. The average molecular weight is 198 g/mol. The fourth-order valence-corrected chi connectivity index (χ4v) is 1.67. The van der Waals surface area contributed by atoms with E-state index in [9.17, 15) is 9.18 Å². The van der Waals surface area contributed by atoms with Gasteiger partial charge in [-0.1, -0.05) is 0 Å². The van der Waals surface area contributed by atoms with Crippen LogP contribution in [0.3, 0.4) is 0 Å². The quantitative estimate of drug-likeness (QED) is 0.695. The highest BCUT2D eigenvalue weighted by atomic mass is 32.2. The molecule has 0 aliphatic heterocycles. The van der Waals surface area contributed by atoms with Gasteiger partial charge >= 0.3 is 0 Å². The summed E-state index contributed by atoms with van der Waals surface area (Å²) in [6, 6.07) is 6.16. The number of benzene rings is 1. The number of halogens is 1. The maximum Gasteiger partial charge on any atom is 0.142 e. The first-order valence-electron chi connectivity index (χ1n) is 4.02. The van der Waals surface area contributed by atoms with Crippen molar-refractivity contribution in [1.29, 1.82) is 0 Å². The van der Waals surface area contributed by atoms with Crippen molar-refractivity contribution < 1.29 is 9.18 Å². The minimum Gasteiger partial charge on any atom is -0.299 e. The van der Waals surface area contributed by atoms with E-state index in [0.29, 0.717) is 0 Å². The summed E-state index contributed by atoms with van der Waals surface area (Å²) in [7, 11) is 0. The van der Waals surface area contributed by atoms with Gasteiger partial charge in [-0.3, -0.25) is 4.79 Å². The van der Waals surface area contributed by atoms with Crippen molar-refractivity contribution in [2.24, 2.45) is 0 Å². The Morgan fingerprint density at radius 1 is 1.38 bits per heavy atom. The summed E-state index contributed by atoms with van der Waals surface area (Å²) in [6.07, 6.45) is 0. The molecule has 0 radical (unpaired) electrons. The number of Topliss-reactive ketones (excluding diaryl/α,β-unsaturated/α-hetero) is 1. The summed E-state index contributed by atoms with van der Waals surface area (Å²) in [5, 5.41) is -0.0644. The second-order valence-corrected chi connectivity index (χ2v) is 4.24. The highest BCUT2D eigenvalue weighted by Gasteiger charge is 2.08. The van der Waals surface area contributed by atoms with E-state index in [2.05, 4.69) is 0 Å². The van der Waals surface area contributed by atoms with Crippen LogP contribution in [0.5, 0.6) is 0 Å². The van der Waals surface area contributed by atoms with E-state index in [1.165, 1.54) is 23.9 Å². The lowest BCUT2D eigenvalue weighted by Gasteiger charge is -2.06. The largest absolute Gasteiger partial charge is 0.299 e. The molecule has 3 heteroatoms. The third-order valence-corrected chi connectivity index (χ3v) is 2.93. The molecular formula is C10H11FOS. The van der Waals surface area contributed by atoms with Crippen LogP contribution < -0.4 is 0 Å². The predicted octanol–water partition coefficient (Wildman–Crippen LogP) is 2.90. The first-order valence-corrected chi connectivity index (χ1v) is 4.90. The molecule has 0 saturated carbocycles. The molecule has 0 amide bonds. The Kier molecular flexibility index (Phi) is 3.48. The number of thioether (sulfide) groups is 1. The van der Waals surface area contributed by atoms with E-state index in [1.807, 2.05) is 6.92 Å². The van der Waals surface area contributed by atoms with E-state index in [1.54, 1.807) is 19.1 Å². The second kappa shape index (κ2) is 4.42. The SMILES string of the molecule is CC(=O)C(C)Sc1ccc(F)cc1. The molecular weight excluding hydrogens is 187 g/mol. The van der Waals surface area contributed by atoms with Crippen LogP contribution in [0.4, 0.5) is 4.39 Å². The molecule has 1 atom stereocenters. The molecule has 0 heterocycles. The Hall–Kier alpha value is -0.830. The minimum atomic E-state index is -0.250. The van der Waals surface area contributed by atoms with Gasteiger partial charge in [0.2, 0.25) is 0 Å². The molecule has 0 fully saturated rings. The second-order valence-electron chi connectivity index (χ2n) is 2.82. The molecule has 0 N–H and O–H groups in total. The first-order chi connectivity index (χ1) is 6.09. The van der Waals surface area contributed by atoms with Gasteiger partial charge in [0, 0.05) is 4.90 Å². The molecule has 0 aromatic heterocycles. The summed E-state index contributed by atoms with van der Waals surface area (Å²) in [5.41, 5.74) is 0. The van der Waals surface area contributed by atoms with Gasteiger partial charge < -0.3 is 0 Å². The Balaban J connectivity index is 2.64. The molecule has 1 aromatic rings. The van der Waals surface area contributed by atoms with Crippen LogP contribution in [0.1, 0.15) is 13.8 Å². The van der Waals surface area contributed by atoms with Crippen LogP contribution in [-0.4, -0.2) is 11.0 Å². The maximum absolute atomic E-state index is 12.5. The molecule has 1 nitrogen and oxygen atoms in total. The minimum absolute atomic E-state index is 0.0644.